The van der Waals surface area contributed by atoms with E-state index in [0.29, 0.717) is 19.1 Å². The Morgan fingerprint density at radius 1 is 1.44 bits per heavy atom. The van der Waals surface area contributed by atoms with Crippen LogP contribution in [0.15, 0.2) is 12.4 Å². The lowest BCUT2D eigenvalue weighted by molar-refractivity contribution is 0.169. The molecule has 0 amide bonds. The van der Waals surface area contributed by atoms with Crippen molar-refractivity contribution in [1.29, 1.82) is 0 Å². The standard InChI is InChI=1S/C11H19N3O2/c1-4-16-11-7-13-6-9(14-11)5-10(12-2)8-15-3/h6-7,10,12H,4-5,8H2,1-3H3. The summed E-state index contributed by atoms with van der Waals surface area (Å²) in [6.07, 6.45) is 4.15. The van der Waals surface area contributed by atoms with E-state index in [9.17, 15) is 0 Å². The van der Waals surface area contributed by atoms with Gasteiger partial charge >= 0.3 is 0 Å². The number of nitrogens with zero attached hydrogens (tertiary/aromatic N) is 2. The van der Waals surface area contributed by atoms with Gasteiger partial charge in [0.2, 0.25) is 5.88 Å². The number of methoxy groups -OCH3 is 1. The summed E-state index contributed by atoms with van der Waals surface area (Å²) < 4.78 is 10.4. The fraction of sp³-hybridized carbons (Fsp3) is 0.636. The molecule has 0 saturated carbocycles. The van der Waals surface area contributed by atoms with E-state index >= 15 is 0 Å². The highest BCUT2D eigenvalue weighted by molar-refractivity contribution is 5.09. The SMILES string of the molecule is CCOc1cncc(CC(COC)NC)n1. The van der Waals surface area contributed by atoms with Crippen LogP contribution in [0.25, 0.3) is 0 Å². The van der Waals surface area contributed by atoms with E-state index in [1.54, 1.807) is 19.5 Å². The number of likely N-dealkylation sites (N-methyl/N-ethyl adjacent to an activating group) is 1. The smallest absolute Gasteiger partial charge is 0.232 e. The van der Waals surface area contributed by atoms with Gasteiger partial charge in [-0.05, 0) is 14.0 Å². The van der Waals surface area contributed by atoms with Gasteiger partial charge in [-0.1, -0.05) is 0 Å². The molecule has 1 N–H and O–H groups in total. The molecule has 1 heterocycles. The summed E-state index contributed by atoms with van der Waals surface area (Å²) in [5.41, 5.74) is 0.905. The summed E-state index contributed by atoms with van der Waals surface area (Å²) in [6, 6.07) is 0.246. The molecule has 5 nitrogen and oxygen atoms in total. The average molecular weight is 225 g/mol. The predicted octanol–water partition coefficient (Wildman–Crippen LogP) is 0.652. The summed E-state index contributed by atoms with van der Waals surface area (Å²) in [7, 11) is 3.59. The molecule has 0 aliphatic carbocycles. The Balaban J connectivity index is 2.60. The summed E-state index contributed by atoms with van der Waals surface area (Å²) in [6.45, 7) is 3.18. The minimum absolute atomic E-state index is 0.246. The van der Waals surface area contributed by atoms with Gasteiger partial charge in [0, 0.05) is 25.8 Å². The van der Waals surface area contributed by atoms with Gasteiger partial charge in [-0.2, -0.15) is 0 Å². The fourth-order valence-corrected chi connectivity index (χ4v) is 1.40. The van der Waals surface area contributed by atoms with Crippen molar-refractivity contribution >= 4 is 0 Å². The zero-order chi connectivity index (χ0) is 11.8. The van der Waals surface area contributed by atoms with E-state index in [1.165, 1.54) is 0 Å². The molecule has 5 heteroatoms. The molecule has 0 bridgehead atoms. The second-order valence-corrected chi connectivity index (χ2v) is 3.43. The number of rotatable bonds is 7. The first-order valence-corrected chi connectivity index (χ1v) is 5.40. The van der Waals surface area contributed by atoms with Crippen molar-refractivity contribution < 1.29 is 9.47 Å². The molecule has 1 aromatic rings. The van der Waals surface area contributed by atoms with Crippen LogP contribution in [0.2, 0.25) is 0 Å². The van der Waals surface area contributed by atoms with Crippen molar-refractivity contribution in [2.75, 3.05) is 27.4 Å². The van der Waals surface area contributed by atoms with Gasteiger partial charge in [0.1, 0.15) is 0 Å². The number of ether oxygens (including phenoxy) is 2. The Kier molecular flexibility index (Phi) is 5.74. The highest BCUT2D eigenvalue weighted by Crippen LogP contribution is 2.07. The zero-order valence-electron chi connectivity index (χ0n) is 10.1. The molecular weight excluding hydrogens is 206 g/mol. The van der Waals surface area contributed by atoms with Crippen LogP contribution in [0.1, 0.15) is 12.6 Å². The largest absolute Gasteiger partial charge is 0.477 e. The van der Waals surface area contributed by atoms with Gasteiger partial charge in [0.05, 0.1) is 25.1 Å². The van der Waals surface area contributed by atoms with Crippen molar-refractivity contribution in [1.82, 2.24) is 15.3 Å². The zero-order valence-corrected chi connectivity index (χ0v) is 10.1. The molecule has 0 aliphatic heterocycles. The third-order valence-electron chi connectivity index (χ3n) is 2.19. The van der Waals surface area contributed by atoms with Crippen LogP contribution in [0.4, 0.5) is 0 Å². The van der Waals surface area contributed by atoms with Crippen LogP contribution in [0, 0.1) is 0 Å². The Morgan fingerprint density at radius 2 is 2.25 bits per heavy atom. The third-order valence-corrected chi connectivity index (χ3v) is 2.19. The normalized spacial score (nSPS) is 12.4. The van der Waals surface area contributed by atoms with Gasteiger partial charge < -0.3 is 14.8 Å². The Hall–Kier alpha value is -1.20. The molecule has 0 spiro atoms. The lowest BCUT2D eigenvalue weighted by Gasteiger charge is -2.14. The minimum Gasteiger partial charge on any atom is -0.477 e. The minimum atomic E-state index is 0.246. The van der Waals surface area contributed by atoms with Crippen LogP contribution in [-0.4, -0.2) is 43.4 Å². The molecule has 0 fully saturated rings. The van der Waals surface area contributed by atoms with Crippen molar-refractivity contribution in [3.63, 3.8) is 0 Å². The van der Waals surface area contributed by atoms with Crippen molar-refractivity contribution in [2.24, 2.45) is 0 Å². The maximum atomic E-state index is 5.30. The topological polar surface area (TPSA) is 56.3 Å². The molecule has 16 heavy (non-hydrogen) atoms. The van der Waals surface area contributed by atoms with E-state index < -0.39 is 0 Å². The van der Waals surface area contributed by atoms with Crippen molar-refractivity contribution in [3.05, 3.63) is 18.1 Å². The quantitative estimate of drug-likeness (QED) is 0.738. The summed E-state index contributed by atoms with van der Waals surface area (Å²) in [4.78, 5) is 8.45. The average Bonchev–Trinajstić information content (AvgIpc) is 2.29. The number of hydrogen-bond acceptors (Lipinski definition) is 5. The maximum absolute atomic E-state index is 5.30. The van der Waals surface area contributed by atoms with Gasteiger partial charge in [-0.3, -0.25) is 4.98 Å². The number of nitrogens with one attached hydrogen (secondary N) is 1. The van der Waals surface area contributed by atoms with Crippen LogP contribution in [0.5, 0.6) is 5.88 Å². The van der Waals surface area contributed by atoms with Crippen LogP contribution < -0.4 is 10.1 Å². The molecule has 1 aromatic heterocycles. The molecule has 0 saturated heterocycles. The van der Waals surface area contributed by atoms with E-state index in [2.05, 4.69) is 15.3 Å². The molecule has 0 aliphatic rings. The Morgan fingerprint density at radius 3 is 2.88 bits per heavy atom. The Labute approximate surface area is 96.2 Å². The maximum Gasteiger partial charge on any atom is 0.232 e. The van der Waals surface area contributed by atoms with Gasteiger partial charge in [0.25, 0.3) is 0 Å². The first kappa shape index (κ1) is 12.9. The fourth-order valence-electron chi connectivity index (χ4n) is 1.40. The highest BCUT2D eigenvalue weighted by atomic mass is 16.5. The molecular formula is C11H19N3O2. The highest BCUT2D eigenvalue weighted by Gasteiger charge is 2.08. The summed E-state index contributed by atoms with van der Waals surface area (Å²) in [5.74, 6) is 0.576. The van der Waals surface area contributed by atoms with Crippen LogP contribution >= 0.6 is 0 Å². The molecule has 1 atom stereocenters. The van der Waals surface area contributed by atoms with Gasteiger partial charge in [0.15, 0.2) is 0 Å². The van der Waals surface area contributed by atoms with Gasteiger partial charge in [-0.15, -0.1) is 0 Å². The first-order chi connectivity index (χ1) is 7.80. The predicted molar refractivity (Wildman–Crippen MR) is 61.6 cm³/mol. The lowest BCUT2D eigenvalue weighted by atomic mass is 10.2. The molecule has 1 unspecified atom stereocenters. The second kappa shape index (κ2) is 7.14. The molecule has 0 aromatic carbocycles. The van der Waals surface area contributed by atoms with Crippen molar-refractivity contribution in [3.8, 4) is 5.88 Å². The van der Waals surface area contributed by atoms with Crippen LogP contribution in [0.3, 0.4) is 0 Å². The molecule has 1 rings (SSSR count). The number of hydrogen-bond donors (Lipinski definition) is 1. The van der Waals surface area contributed by atoms with Crippen LogP contribution in [-0.2, 0) is 11.2 Å². The molecule has 0 radical (unpaired) electrons. The van der Waals surface area contributed by atoms with Gasteiger partial charge in [-0.25, -0.2) is 4.98 Å². The van der Waals surface area contributed by atoms with E-state index in [1.807, 2.05) is 14.0 Å². The third kappa shape index (κ3) is 4.12. The molecule has 90 valence electrons. The van der Waals surface area contributed by atoms with Crippen molar-refractivity contribution in [2.45, 2.75) is 19.4 Å². The number of aromatic nitrogens is 2. The summed E-state index contributed by atoms with van der Waals surface area (Å²) in [5, 5.41) is 3.17. The summed E-state index contributed by atoms with van der Waals surface area (Å²) >= 11 is 0. The monoisotopic (exact) mass is 225 g/mol. The second-order valence-electron chi connectivity index (χ2n) is 3.43. The first-order valence-electron chi connectivity index (χ1n) is 5.40. The lowest BCUT2D eigenvalue weighted by Crippen LogP contribution is -2.32. The van der Waals surface area contributed by atoms with E-state index in [-0.39, 0.29) is 6.04 Å². The van der Waals surface area contributed by atoms with E-state index in [0.717, 1.165) is 12.1 Å². The Bertz CT molecular complexity index is 307. The van der Waals surface area contributed by atoms with E-state index in [4.69, 9.17) is 9.47 Å².